The van der Waals surface area contributed by atoms with Crippen molar-refractivity contribution in [1.29, 1.82) is 0 Å². The summed E-state index contributed by atoms with van der Waals surface area (Å²) in [4.78, 5) is 8.81. The molecule has 3 N–H and O–H groups in total. The largest absolute Gasteiger partial charge is 0.472 e. The highest BCUT2D eigenvalue weighted by molar-refractivity contribution is 7.47. The fourth-order valence-corrected chi connectivity index (χ4v) is 3.64. The van der Waals surface area contributed by atoms with Crippen LogP contribution in [0.1, 0.15) is 53.4 Å². The van der Waals surface area contributed by atoms with E-state index >= 15 is 0 Å². The molecule has 4 atom stereocenters. The van der Waals surface area contributed by atoms with E-state index in [1.54, 1.807) is 0 Å². The third-order valence-corrected chi connectivity index (χ3v) is 4.45. The van der Waals surface area contributed by atoms with E-state index in [2.05, 4.69) is 0 Å². The first kappa shape index (κ1) is 19.0. The summed E-state index contributed by atoms with van der Waals surface area (Å²) in [5.41, 5.74) is 0. The molecule has 116 valence electrons. The summed E-state index contributed by atoms with van der Waals surface area (Å²) in [7, 11) is -3.62. The van der Waals surface area contributed by atoms with Crippen LogP contribution in [0.25, 0.3) is 0 Å². The number of aliphatic hydroxyl groups excluding tert-OH is 2. The summed E-state index contributed by atoms with van der Waals surface area (Å²) in [5, 5.41) is 17.5. The van der Waals surface area contributed by atoms with Crippen LogP contribution in [0, 0.1) is 0 Å². The minimum atomic E-state index is -3.62. The minimum absolute atomic E-state index is 0. The van der Waals surface area contributed by atoms with E-state index in [1.165, 1.54) is 0 Å². The molecule has 0 spiro atoms. The highest BCUT2D eigenvalue weighted by Gasteiger charge is 2.45. The summed E-state index contributed by atoms with van der Waals surface area (Å²) in [6.07, 6.45) is 4.19. The van der Waals surface area contributed by atoms with Crippen molar-refractivity contribution in [2.75, 3.05) is 0 Å². The number of phosphoric acid groups is 1. The number of fused-ring (bicyclic) bond motifs is 1. The van der Waals surface area contributed by atoms with Gasteiger partial charge in [-0.2, -0.15) is 0 Å². The Morgan fingerprint density at radius 3 is 1.53 bits per heavy atom. The second-order valence-electron chi connectivity index (χ2n) is 4.75. The lowest BCUT2D eigenvalue weighted by atomic mass is 10.3. The van der Waals surface area contributed by atoms with Gasteiger partial charge in [-0.05, 0) is 38.5 Å². The molecule has 0 aromatic rings. The fourth-order valence-electron chi connectivity index (χ4n) is 2.42. The Bertz CT molecular complexity index is 287. The van der Waals surface area contributed by atoms with Gasteiger partial charge in [0, 0.05) is 0 Å². The Morgan fingerprint density at radius 1 is 0.842 bits per heavy atom. The lowest BCUT2D eigenvalue weighted by molar-refractivity contribution is 0.0438. The summed E-state index contributed by atoms with van der Waals surface area (Å²) in [6, 6.07) is 0. The van der Waals surface area contributed by atoms with Crippen LogP contribution in [0.15, 0.2) is 0 Å². The molecule has 2 saturated carbocycles. The summed E-state index contributed by atoms with van der Waals surface area (Å²) < 4.78 is 20.3. The van der Waals surface area contributed by atoms with Gasteiger partial charge in [-0.3, -0.25) is 9.05 Å². The highest BCUT2D eigenvalue weighted by atomic mass is 31.2. The van der Waals surface area contributed by atoms with Gasteiger partial charge in [-0.25, -0.2) is 4.57 Å². The predicted octanol–water partition coefficient (Wildman–Crippen LogP) is 2.22. The molecule has 1 saturated heterocycles. The first-order valence-electron chi connectivity index (χ1n) is 6.04. The Hall–Kier alpha value is 0.0300. The van der Waals surface area contributed by atoms with Crippen LogP contribution in [0.2, 0.25) is 0 Å². The van der Waals surface area contributed by atoms with Crippen LogP contribution < -0.4 is 0 Å². The van der Waals surface area contributed by atoms with Gasteiger partial charge in [-0.1, -0.05) is 14.9 Å². The van der Waals surface area contributed by atoms with Crippen molar-refractivity contribution in [2.24, 2.45) is 0 Å². The number of hydrogen-bond donors (Lipinski definition) is 3. The topological polar surface area (TPSA) is 96.2 Å². The highest BCUT2D eigenvalue weighted by Crippen LogP contribution is 2.56. The van der Waals surface area contributed by atoms with Crippen LogP contribution >= 0.6 is 7.82 Å². The summed E-state index contributed by atoms with van der Waals surface area (Å²) in [5.74, 6) is 0. The van der Waals surface area contributed by atoms with Gasteiger partial charge in [0.05, 0.1) is 24.4 Å². The standard InChI is InChI=1S/C5H9O4P.C5H10O2.2CH4/c6-10(7)8-4-2-1-3-5(4)9-10;6-4-2-1-3-5(4)7;;/h4-5H,1-3H2,(H,6,7);4-7H,1-3H2;2*1H4. The molecular formula is C12H27O6P. The van der Waals surface area contributed by atoms with Gasteiger partial charge in [0.1, 0.15) is 0 Å². The average Bonchev–Trinajstić information content (AvgIpc) is 2.84. The Morgan fingerprint density at radius 2 is 1.21 bits per heavy atom. The van der Waals surface area contributed by atoms with E-state index in [-0.39, 0.29) is 27.1 Å². The van der Waals surface area contributed by atoms with E-state index < -0.39 is 20.0 Å². The Kier molecular flexibility index (Phi) is 7.73. The van der Waals surface area contributed by atoms with Crippen molar-refractivity contribution in [3.05, 3.63) is 0 Å². The van der Waals surface area contributed by atoms with Crippen molar-refractivity contribution in [3.63, 3.8) is 0 Å². The van der Waals surface area contributed by atoms with Crippen molar-refractivity contribution >= 4 is 7.82 Å². The van der Waals surface area contributed by atoms with Gasteiger partial charge in [0.25, 0.3) is 0 Å². The molecule has 0 bridgehead atoms. The quantitative estimate of drug-likeness (QED) is 0.593. The minimum Gasteiger partial charge on any atom is -0.390 e. The monoisotopic (exact) mass is 298 g/mol. The van der Waals surface area contributed by atoms with Gasteiger partial charge in [0.15, 0.2) is 0 Å². The average molecular weight is 298 g/mol. The predicted molar refractivity (Wildman–Crippen MR) is 72.7 cm³/mol. The second kappa shape index (κ2) is 7.72. The zero-order valence-electron chi connectivity index (χ0n) is 9.57. The third-order valence-electron chi connectivity index (χ3n) is 3.37. The number of phosphoric ester groups is 1. The molecule has 0 amide bonds. The van der Waals surface area contributed by atoms with Gasteiger partial charge < -0.3 is 15.1 Å². The van der Waals surface area contributed by atoms with Crippen molar-refractivity contribution in [1.82, 2.24) is 0 Å². The lowest BCUT2D eigenvalue weighted by Crippen LogP contribution is -2.17. The summed E-state index contributed by atoms with van der Waals surface area (Å²) in [6.45, 7) is 0. The molecule has 0 radical (unpaired) electrons. The fraction of sp³-hybridized carbons (Fsp3) is 1.00. The van der Waals surface area contributed by atoms with Crippen LogP contribution in [0.4, 0.5) is 0 Å². The van der Waals surface area contributed by atoms with Crippen LogP contribution in [-0.4, -0.2) is 39.5 Å². The molecule has 2 aliphatic carbocycles. The number of aliphatic hydroxyl groups is 2. The van der Waals surface area contributed by atoms with E-state index in [0.29, 0.717) is 0 Å². The Balaban J connectivity index is 0.000000325. The van der Waals surface area contributed by atoms with Gasteiger partial charge in [-0.15, -0.1) is 0 Å². The van der Waals surface area contributed by atoms with E-state index in [4.69, 9.17) is 24.2 Å². The molecule has 3 rings (SSSR count). The maximum atomic E-state index is 10.7. The Labute approximate surface area is 115 Å². The number of rotatable bonds is 0. The molecule has 0 aromatic carbocycles. The normalized spacial score (nSPS) is 43.5. The molecule has 1 heterocycles. The number of hydrogen-bond acceptors (Lipinski definition) is 5. The molecule has 1 aliphatic heterocycles. The van der Waals surface area contributed by atoms with Gasteiger partial charge >= 0.3 is 7.82 Å². The second-order valence-corrected chi connectivity index (χ2v) is 6.11. The van der Waals surface area contributed by atoms with E-state index in [1.807, 2.05) is 0 Å². The molecule has 6 nitrogen and oxygen atoms in total. The smallest absolute Gasteiger partial charge is 0.390 e. The summed E-state index contributed by atoms with van der Waals surface area (Å²) >= 11 is 0. The molecule has 7 heteroatoms. The zero-order chi connectivity index (χ0) is 12.5. The maximum absolute atomic E-state index is 10.7. The van der Waals surface area contributed by atoms with Crippen LogP contribution in [0.5, 0.6) is 0 Å². The third kappa shape index (κ3) is 5.14. The first-order chi connectivity index (χ1) is 7.98. The van der Waals surface area contributed by atoms with Crippen LogP contribution in [0.3, 0.4) is 0 Å². The van der Waals surface area contributed by atoms with Crippen molar-refractivity contribution < 1.29 is 28.7 Å². The molecular weight excluding hydrogens is 271 g/mol. The van der Waals surface area contributed by atoms with Gasteiger partial charge in [0.2, 0.25) is 0 Å². The molecule has 3 aliphatic rings. The van der Waals surface area contributed by atoms with Crippen molar-refractivity contribution in [2.45, 2.75) is 77.8 Å². The first-order valence-corrected chi connectivity index (χ1v) is 7.53. The van der Waals surface area contributed by atoms with E-state index in [9.17, 15) is 4.57 Å². The SMILES string of the molecule is C.C.O=P1(O)OC2CCCC2O1.OC1CCCC1O. The van der Waals surface area contributed by atoms with Crippen LogP contribution in [-0.2, 0) is 13.6 Å². The van der Waals surface area contributed by atoms with Crippen molar-refractivity contribution in [3.8, 4) is 0 Å². The molecule has 3 fully saturated rings. The molecule has 0 aromatic heterocycles. The lowest BCUT2D eigenvalue weighted by Gasteiger charge is -2.03. The molecule has 4 unspecified atom stereocenters. The zero-order valence-corrected chi connectivity index (χ0v) is 10.5. The van der Waals surface area contributed by atoms with E-state index in [0.717, 1.165) is 38.5 Å². The molecule has 19 heavy (non-hydrogen) atoms. The maximum Gasteiger partial charge on any atom is 0.472 e.